The van der Waals surface area contributed by atoms with Crippen molar-refractivity contribution >= 4 is 21.9 Å². The molecular weight excluding hydrogens is 338 g/mol. The van der Waals surface area contributed by atoms with Crippen LogP contribution in [0.2, 0.25) is 0 Å². The minimum atomic E-state index is -3.42. The van der Waals surface area contributed by atoms with Crippen LogP contribution >= 0.6 is 0 Å². The van der Waals surface area contributed by atoms with E-state index in [2.05, 4.69) is 15.6 Å². The smallest absolute Gasteiger partial charge is 0.325 e. The normalized spacial score (nSPS) is 18.6. The lowest BCUT2D eigenvalue weighted by molar-refractivity contribution is -0.138. The molecule has 1 aliphatic heterocycles. The van der Waals surface area contributed by atoms with Gasteiger partial charge < -0.3 is 10.4 Å². The van der Waals surface area contributed by atoms with Crippen LogP contribution < -0.4 is 5.32 Å². The lowest BCUT2D eigenvalue weighted by Gasteiger charge is -2.22. The van der Waals surface area contributed by atoms with Gasteiger partial charge in [0, 0.05) is 6.54 Å². The van der Waals surface area contributed by atoms with Crippen LogP contribution in [0.1, 0.15) is 31.9 Å². The highest BCUT2D eigenvalue weighted by atomic mass is 32.2. The zero-order valence-corrected chi connectivity index (χ0v) is 14.2. The Kier molecular flexibility index (Phi) is 5.89. The molecule has 1 fully saturated rings. The number of carboxylic acids is 1. The summed E-state index contributed by atoms with van der Waals surface area (Å²) in [5.74, 6) is -1.39. The zero-order chi connectivity index (χ0) is 17.7. The van der Waals surface area contributed by atoms with Crippen LogP contribution in [0, 0.1) is 0 Å². The fraction of sp³-hybridized carbons (Fsp3) is 0.692. The molecule has 24 heavy (non-hydrogen) atoms. The molecule has 2 heterocycles. The van der Waals surface area contributed by atoms with Gasteiger partial charge in [0.15, 0.2) is 0 Å². The number of nitrogens with one attached hydrogen (secondary N) is 1. The van der Waals surface area contributed by atoms with Crippen molar-refractivity contribution in [1.29, 1.82) is 0 Å². The fourth-order valence-corrected chi connectivity index (χ4v) is 4.39. The number of hydrogen-bond acceptors (Lipinski definition) is 6. The summed E-state index contributed by atoms with van der Waals surface area (Å²) in [5.41, 5.74) is 0.408. The Morgan fingerprint density at radius 1 is 1.46 bits per heavy atom. The minimum Gasteiger partial charge on any atom is -0.480 e. The highest BCUT2D eigenvalue weighted by Crippen LogP contribution is 2.22. The van der Waals surface area contributed by atoms with Gasteiger partial charge in [-0.2, -0.15) is 4.31 Å². The molecule has 1 unspecified atom stereocenters. The maximum atomic E-state index is 12.3. The molecule has 0 saturated carbocycles. The summed E-state index contributed by atoms with van der Waals surface area (Å²) in [6, 6.07) is -0.699. The summed E-state index contributed by atoms with van der Waals surface area (Å²) in [5, 5.41) is 18.7. The van der Waals surface area contributed by atoms with Crippen LogP contribution in [0.15, 0.2) is 6.20 Å². The van der Waals surface area contributed by atoms with Gasteiger partial charge >= 0.3 is 5.97 Å². The van der Waals surface area contributed by atoms with Crippen molar-refractivity contribution in [2.24, 2.45) is 0 Å². The van der Waals surface area contributed by atoms with Crippen molar-refractivity contribution in [3.05, 3.63) is 11.9 Å². The second kappa shape index (κ2) is 7.71. The van der Waals surface area contributed by atoms with E-state index in [9.17, 15) is 18.0 Å². The number of hydrogen-bond donors (Lipinski definition) is 2. The summed E-state index contributed by atoms with van der Waals surface area (Å²) < 4.78 is 26.8. The highest BCUT2D eigenvalue weighted by Gasteiger charge is 2.37. The summed E-state index contributed by atoms with van der Waals surface area (Å²) in [7, 11) is -3.42. The molecule has 0 aliphatic carbocycles. The largest absolute Gasteiger partial charge is 0.480 e. The van der Waals surface area contributed by atoms with Gasteiger partial charge in [-0.3, -0.25) is 9.59 Å². The van der Waals surface area contributed by atoms with E-state index in [1.54, 1.807) is 6.92 Å². The van der Waals surface area contributed by atoms with Gasteiger partial charge in [-0.05, 0) is 19.3 Å². The number of aliphatic carboxylic acids is 1. The molecule has 0 radical (unpaired) electrons. The van der Waals surface area contributed by atoms with Gasteiger partial charge in [0.1, 0.15) is 18.3 Å². The van der Waals surface area contributed by atoms with Crippen molar-refractivity contribution in [1.82, 2.24) is 24.6 Å². The number of aromatic nitrogens is 3. The summed E-state index contributed by atoms with van der Waals surface area (Å²) >= 11 is 0. The highest BCUT2D eigenvalue weighted by molar-refractivity contribution is 7.89. The topological polar surface area (TPSA) is 134 Å². The lowest BCUT2D eigenvalue weighted by atomic mass is 10.2. The number of carbonyl (C=O) groups is 2. The van der Waals surface area contributed by atoms with Crippen molar-refractivity contribution in [2.75, 3.05) is 12.3 Å². The fourth-order valence-electron chi connectivity index (χ4n) is 2.64. The van der Waals surface area contributed by atoms with Crippen LogP contribution in [-0.2, 0) is 32.7 Å². The first-order valence-corrected chi connectivity index (χ1v) is 9.32. The molecule has 1 aromatic rings. The number of amides is 1. The maximum Gasteiger partial charge on any atom is 0.325 e. The van der Waals surface area contributed by atoms with Crippen LogP contribution in [0.5, 0.6) is 0 Å². The van der Waals surface area contributed by atoms with Crippen molar-refractivity contribution < 1.29 is 23.1 Å². The average Bonchev–Trinajstić information content (AvgIpc) is 3.13. The van der Waals surface area contributed by atoms with E-state index in [4.69, 9.17) is 5.11 Å². The molecule has 10 nitrogen and oxygen atoms in total. The minimum absolute atomic E-state index is 0.0281. The molecule has 1 aromatic heterocycles. The Bertz CT molecular complexity index is 701. The first-order valence-electron chi connectivity index (χ1n) is 7.71. The molecule has 2 N–H and O–H groups in total. The van der Waals surface area contributed by atoms with Gasteiger partial charge in [0.2, 0.25) is 15.9 Å². The van der Waals surface area contributed by atoms with Crippen LogP contribution in [0.3, 0.4) is 0 Å². The summed E-state index contributed by atoms with van der Waals surface area (Å²) in [4.78, 5) is 22.9. The Hall–Kier alpha value is -2.01. The second-order valence-electron chi connectivity index (χ2n) is 5.60. The Morgan fingerprint density at radius 2 is 2.21 bits per heavy atom. The molecule has 0 bridgehead atoms. The molecule has 11 heteroatoms. The van der Waals surface area contributed by atoms with E-state index in [1.807, 2.05) is 0 Å². The molecule has 1 atom stereocenters. The van der Waals surface area contributed by atoms with Gasteiger partial charge in [0.25, 0.3) is 0 Å². The molecule has 1 aliphatic rings. The monoisotopic (exact) mass is 359 g/mol. The molecule has 134 valence electrons. The number of nitrogens with zero attached hydrogens (tertiary/aromatic N) is 4. The number of carbonyl (C=O) groups excluding carboxylic acids is 1. The Morgan fingerprint density at radius 3 is 2.88 bits per heavy atom. The average molecular weight is 359 g/mol. The molecular formula is C13H21N5O5S. The number of carboxylic acid groups (broad SMARTS) is 1. The third-order valence-electron chi connectivity index (χ3n) is 3.65. The SMILES string of the molecule is CCCS(=O)(=O)N1CCCC1C(=O)NCc1cn(CC(=O)O)nn1. The summed E-state index contributed by atoms with van der Waals surface area (Å²) in [6.45, 7) is 1.89. The van der Waals surface area contributed by atoms with Crippen LogP contribution in [-0.4, -0.2) is 63.0 Å². The lowest BCUT2D eigenvalue weighted by Crippen LogP contribution is -2.46. The molecule has 0 aromatic carbocycles. The number of rotatable bonds is 8. The van der Waals surface area contributed by atoms with Crippen LogP contribution in [0.25, 0.3) is 0 Å². The predicted molar refractivity (Wildman–Crippen MR) is 83.3 cm³/mol. The first-order chi connectivity index (χ1) is 11.3. The van der Waals surface area contributed by atoms with E-state index in [-0.39, 0.29) is 24.7 Å². The Balaban J connectivity index is 1.94. The molecule has 0 spiro atoms. The van der Waals surface area contributed by atoms with Crippen LogP contribution in [0.4, 0.5) is 0 Å². The quantitative estimate of drug-likeness (QED) is 0.619. The van der Waals surface area contributed by atoms with E-state index in [1.165, 1.54) is 10.5 Å². The van der Waals surface area contributed by atoms with E-state index in [0.717, 1.165) is 4.68 Å². The van der Waals surface area contributed by atoms with Gasteiger partial charge in [-0.15, -0.1) is 5.10 Å². The Labute approximate surface area is 139 Å². The van der Waals surface area contributed by atoms with Gasteiger partial charge in [-0.25, -0.2) is 13.1 Å². The summed E-state index contributed by atoms with van der Waals surface area (Å²) in [6.07, 6.45) is 3.06. The molecule has 1 amide bonds. The third kappa shape index (κ3) is 4.51. The third-order valence-corrected chi connectivity index (χ3v) is 5.73. The second-order valence-corrected chi connectivity index (χ2v) is 7.64. The molecule has 2 rings (SSSR count). The molecule has 1 saturated heterocycles. The van der Waals surface area contributed by atoms with Crippen molar-refractivity contribution in [3.8, 4) is 0 Å². The number of sulfonamides is 1. The van der Waals surface area contributed by atoms with Crippen molar-refractivity contribution in [2.45, 2.75) is 45.3 Å². The zero-order valence-electron chi connectivity index (χ0n) is 13.4. The van der Waals surface area contributed by atoms with E-state index < -0.39 is 22.0 Å². The van der Waals surface area contributed by atoms with E-state index >= 15 is 0 Å². The van der Waals surface area contributed by atoms with Gasteiger partial charge in [-0.1, -0.05) is 12.1 Å². The standard InChI is InChI=1S/C13H21N5O5S/c1-2-6-24(22,23)18-5-3-4-11(18)13(21)14-7-10-8-17(16-15-10)9-12(19)20/h8,11H,2-7,9H2,1H3,(H,14,21)(H,19,20). The first kappa shape index (κ1) is 18.3. The maximum absolute atomic E-state index is 12.3. The van der Waals surface area contributed by atoms with E-state index in [0.29, 0.717) is 31.5 Å². The predicted octanol–water partition coefficient (Wildman–Crippen LogP) is -0.817. The van der Waals surface area contributed by atoms with Gasteiger partial charge in [0.05, 0.1) is 18.5 Å². The van der Waals surface area contributed by atoms with Crippen molar-refractivity contribution in [3.63, 3.8) is 0 Å².